The van der Waals surface area contributed by atoms with Gasteiger partial charge < -0.3 is 23.9 Å². The average molecular weight is 536 g/mol. The number of rotatable bonds is 5. The second-order valence-electron chi connectivity index (χ2n) is 7.59. The summed E-state index contributed by atoms with van der Waals surface area (Å²) in [5.74, 6) is 4.35. The molecule has 2 aromatic heterocycles. The number of hydrogen-bond donors (Lipinski definition) is 1. The molecule has 0 fully saturated rings. The summed E-state index contributed by atoms with van der Waals surface area (Å²) in [5, 5.41) is 12.0. The quantitative estimate of drug-likeness (QED) is 0.304. The zero-order valence-electron chi connectivity index (χ0n) is 18.3. The maximum atomic E-state index is 5.82. The third-order valence-electron chi connectivity index (χ3n) is 5.55. The van der Waals surface area contributed by atoms with Crippen LogP contribution >= 0.6 is 24.0 Å². The lowest BCUT2D eigenvalue weighted by molar-refractivity contribution is 0.259. The van der Waals surface area contributed by atoms with Crippen molar-refractivity contribution in [2.24, 2.45) is 12.0 Å². The molecule has 0 bridgehead atoms. The first-order valence-corrected chi connectivity index (χ1v) is 10.1. The van der Waals surface area contributed by atoms with Gasteiger partial charge in [0.2, 0.25) is 0 Å². The van der Waals surface area contributed by atoms with Crippen LogP contribution in [-0.4, -0.2) is 39.3 Å². The highest BCUT2D eigenvalue weighted by Crippen LogP contribution is 2.31. The van der Waals surface area contributed by atoms with Crippen LogP contribution in [0.25, 0.3) is 0 Å². The summed E-state index contributed by atoms with van der Waals surface area (Å²) in [7, 11) is 3.99. The second kappa shape index (κ2) is 10.2. The number of nitrogens with zero attached hydrogens (tertiary/aromatic N) is 5. The molecule has 1 aromatic carbocycles. The van der Waals surface area contributed by atoms with Crippen molar-refractivity contribution in [3.8, 4) is 5.75 Å². The van der Waals surface area contributed by atoms with Crippen molar-refractivity contribution < 1.29 is 9.15 Å². The highest BCUT2D eigenvalue weighted by Gasteiger charge is 2.23. The van der Waals surface area contributed by atoms with Crippen molar-refractivity contribution in [1.29, 1.82) is 0 Å². The van der Waals surface area contributed by atoms with Gasteiger partial charge in [0.05, 0.1) is 18.9 Å². The summed E-state index contributed by atoms with van der Waals surface area (Å²) in [6.45, 7) is 5.72. The van der Waals surface area contributed by atoms with Gasteiger partial charge in [-0.2, -0.15) is 0 Å². The number of para-hydroxylation sites is 1. The molecule has 1 unspecified atom stereocenters. The topological polar surface area (TPSA) is 80.7 Å². The average Bonchev–Trinajstić information content (AvgIpc) is 3.30. The van der Waals surface area contributed by atoms with Crippen molar-refractivity contribution in [2.75, 3.05) is 13.7 Å². The summed E-state index contributed by atoms with van der Waals surface area (Å²) in [6.07, 6.45) is 2.59. The molecular formula is C22H29IN6O2. The number of aromatic nitrogens is 3. The largest absolute Gasteiger partial charge is 0.493 e. The molecule has 1 aliphatic rings. The Labute approximate surface area is 199 Å². The molecule has 0 spiro atoms. The van der Waals surface area contributed by atoms with Gasteiger partial charge in [0.1, 0.15) is 23.9 Å². The lowest BCUT2D eigenvalue weighted by atomic mass is 10.0. The van der Waals surface area contributed by atoms with E-state index in [1.807, 2.05) is 56.8 Å². The van der Waals surface area contributed by atoms with E-state index in [4.69, 9.17) is 14.1 Å². The van der Waals surface area contributed by atoms with Crippen molar-refractivity contribution in [3.05, 3.63) is 65.1 Å². The molecule has 3 aromatic rings. The van der Waals surface area contributed by atoms with Gasteiger partial charge in [0.15, 0.2) is 11.8 Å². The van der Waals surface area contributed by atoms with E-state index < -0.39 is 0 Å². The molecule has 0 radical (unpaired) electrons. The molecule has 1 aliphatic heterocycles. The van der Waals surface area contributed by atoms with Crippen molar-refractivity contribution in [2.45, 2.75) is 39.4 Å². The number of ether oxygens (including phenoxy) is 1. The van der Waals surface area contributed by atoms with Crippen LogP contribution in [0.1, 0.15) is 41.0 Å². The highest BCUT2D eigenvalue weighted by molar-refractivity contribution is 14.0. The van der Waals surface area contributed by atoms with E-state index in [2.05, 4.69) is 26.5 Å². The minimum atomic E-state index is 0. The molecule has 1 N–H and O–H groups in total. The SMILES string of the molecule is Cc1occc1CN(C)C(=NCc1nnc(C)n1C)NC1CCOc2ccccc21.I. The van der Waals surface area contributed by atoms with Crippen molar-refractivity contribution >= 4 is 29.9 Å². The number of nitrogens with one attached hydrogen (secondary N) is 1. The fourth-order valence-corrected chi connectivity index (χ4v) is 3.56. The maximum absolute atomic E-state index is 5.82. The van der Waals surface area contributed by atoms with E-state index in [1.54, 1.807) is 6.26 Å². The standard InChI is InChI=1S/C22H28N6O2.HI/c1-15-17(9-11-29-15)14-27(3)22(23-13-21-26-25-16(2)28(21)4)24-19-10-12-30-20-8-6-5-7-18(19)20;/h5-9,11,19H,10,12-14H2,1-4H3,(H,23,24);1H. The molecule has 0 saturated carbocycles. The molecule has 0 aliphatic carbocycles. The Hall–Kier alpha value is -2.56. The van der Waals surface area contributed by atoms with Gasteiger partial charge in [0, 0.05) is 38.2 Å². The van der Waals surface area contributed by atoms with Crippen LogP contribution in [-0.2, 0) is 20.1 Å². The molecule has 8 nitrogen and oxygen atoms in total. The van der Waals surface area contributed by atoms with E-state index in [0.717, 1.165) is 46.7 Å². The first kappa shape index (κ1) is 23.1. The van der Waals surface area contributed by atoms with Gasteiger partial charge in [-0.25, -0.2) is 4.99 Å². The summed E-state index contributed by atoms with van der Waals surface area (Å²) in [6, 6.07) is 10.3. The first-order chi connectivity index (χ1) is 14.5. The number of hydrogen-bond acceptors (Lipinski definition) is 5. The van der Waals surface area contributed by atoms with Crippen LogP contribution in [0.3, 0.4) is 0 Å². The Balaban J connectivity index is 0.00000272. The van der Waals surface area contributed by atoms with Gasteiger partial charge in [-0.05, 0) is 26.0 Å². The number of aryl methyl sites for hydroxylation is 2. The van der Waals surface area contributed by atoms with E-state index in [1.165, 1.54) is 0 Å². The summed E-state index contributed by atoms with van der Waals surface area (Å²) < 4.78 is 13.2. The Morgan fingerprint density at radius 1 is 1.26 bits per heavy atom. The molecule has 9 heteroatoms. The highest BCUT2D eigenvalue weighted by atomic mass is 127. The normalized spacial score (nSPS) is 15.6. The van der Waals surface area contributed by atoms with Crippen molar-refractivity contribution in [3.63, 3.8) is 0 Å². The molecule has 0 saturated heterocycles. The van der Waals surface area contributed by atoms with E-state index >= 15 is 0 Å². The van der Waals surface area contributed by atoms with Crippen LogP contribution in [0.15, 0.2) is 46.0 Å². The third kappa shape index (κ3) is 5.20. The Morgan fingerprint density at radius 2 is 2.06 bits per heavy atom. The van der Waals surface area contributed by atoms with Gasteiger partial charge in [-0.3, -0.25) is 0 Å². The monoisotopic (exact) mass is 536 g/mol. The molecule has 0 amide bonds. The first-order valence-electron chi connectivity index (χ1n) is 10.1. The molecular weight excluding hydrogens is 507 g/mol. The summed E-state index contributed by atoms with van der Waals surface area (Å²) in [4.78, 5) is 6.99. The molecule has 1 atom stereocenters. The predicted octanol–water partition coefficient (Wildman–Crippen LogP) is 3.74. The van der Waals surface area contributed by atoms with Gasteiger partial charge in [0.25, 0.3) is 0 Å². The van der Waals surface area contributed by atoms with Crippen LogP contribution in [0.2, 0.25) is 0 Å². The number of guanidine groups is 1. The van der Waals surface area contributed by atoms with Gasteiger partial charge in [-0.15, -0.1) is 34.2 Å². The number of aliphatic imine (C=N–C) groups is 1. The second-order valence-corrected chi connectivity index (χ2v) is 7.59. The van der Waals surface area contributed by atoms with Crippen LogP contribution in [0.5, 0.6) is 5.75 Å². The van der Waals surface area contributed by atoms with Crippen LogP contribution in [0, 0.1) is 13.8 Å². The number of benzene rings is 1. The smallest absolute Gasteiger partial charge is 0.194 e. The fraction of sp³-hybridized carbons (Fsp3) is 0.409. The minimum absolute atomic E-state index is 0. The lowest BCUT2D eigenvalue weighted by Crippen LogP contribution is -2.42. The molecule has 166 valence electrons. The van der Waals surface area contributed by atoms with Crippen LogP contribution in [0.4, 0.5) is 0 Å². The number of fused-ring (bicyclic) bond motifs is 1. The summed E-state index contributed by atoms with van der Waals surface area (Å²) >= 11 is 0. The Bertz CT molecular complexity index is 1040. The van der Waals surface area contributed by atoms with E-state index in [9.17, 15) is 0 Å². The number of halogens is 1. The Kier molecular flexibility index (Phi) is 7.58. The zero-order chi connectivity index (χ0) is 21.1. The Morgan fingerprint density at radius 3 is 2.77 bits per heavy atom. The fourth-order valence-electron chi connectivity index (χ4n) is 3.56. The minimum Gasteiger partial charge on any atom is -0.493 e. The zero-order valence-corrected chi connectivity index (χ0v) is 20.7. The van der Waals surface area contributed by atoms with Crippen molar-refractivity contribution in [1.82, 2.24) is 25.0 Å². The van der Waals surface area contributed by atoms with Gasteiger partial charge in [-0.1, -0.05) is 18.2 Å². The van der Waals surface area contributed by atoms with E-state index in [0.29, 0.717) is 19.7 Å². The molecule has 31 heavy (non-hydrogen) atoms. The third-order valence-corrected chi connectivity index (χ3v) is 5.55. The van der Waals surface area contributed by atoms with E-state index in [-0.39, 0.29) is 30.0 Å². The summed E-state index contributed by atoms with van der Waals surface area (Å²) in [5.41, 5.74) is 2.28. The van der Waals surface area contributed by atoms with Crippen LogP contribution < -0.4 is 10.1 Å². The lowest BCUT2D eigenvalue weighted by Gasteiger charge is -2.31. The maximum Gasteiger partial charge on any atom is 0.194 e. The van der Waals surface area contributed by atoms with Gasteiger partial charge >= 0.3 is 0 Å². The molecule has 4 rings (SSSR count). The molecule has 3 heterocycles. The predicted molar refractivity (Wildman–Crippen MR) is 130 cm³/mol. The number of furan rings is 1.